The van der Waals surface area contributed by atoms with Crippen LogP contribution in [0.1, 0.15) is 16.7 Å². The molecule has 164 valence electrons. The summed E-state index contributed by atoms with van der Waals surface area (Å²) >= 11 is 0. The SMILES string of the molecule is Cc1ccccc1C=Nn1c(=O)c(C2=NS(=O)(=O)c3ccccc3N2)c(O)c2ccccc21. The van der Waals surface area contributed by atoms with Gasteiger partial charge in [-0.15, -0.1) is 4.40 Å². The van der Waals surface area contributed by atoms with Gasteiger partial charge in [-0.3, -0.25) is 4.79 Å². The highest BCUT2D eigenvalue weighted by atomic mass is 32.2. The van der Waals surface area contributed by atoms with Gasteiger partial charge in [-0.25, -0.2) is 0 Å². The van der Waals surface area contributed by atoms with Crippen LogP contribution in [0.25, 0.3) is 10.9 Å². The molecule has 3 aromatic carbocycles. The summed E-state index contributed by atoms with van der Waals surface area (Å²) in [7, 11) is -4.07. The van der Waals surface area contributed by atoms with Crippen LogP contribution in [0.2, 0.25) is 0 Å². The predicted molar refractivity (Wildman–Crippen MR) is 128 cm³/mol. The Kier molecular flexibility index (Phi) is 4.83. The quantitative estimate of drug-likeness (QED) is 0.457. The van der Waals surface area contributed by atoms with E-state index >= 15 is 0 Å². The van der Waals surface area contributed by atoms with Crippen LogP contribution >= 0.6 is 0 Å². The number of para-hydroxylation sites is 2. The summed E-state index contributed by atoms with van der Waals surface area (Å²) in [5, 5.41) is 18.6. The summed E-state index contributed by atoms with van der Waals surface area (Å²) in [6.07, 6.45) is 1.55. The van der Waals surface area contributed by atoms with Crippen LogP contribution in [-0.2, 0) is 10.0 Å². The van der Waals surface area contributed by atoms with Crippen molar-refractivity contribution in [2.45, 2.75) is 11.8 Å². The van der Waals surface area contributed by atoms with Gasteiger partial charge in [-0.2, -0.15) is 18.2 Å². The van der Waals surface area contributed by atoms with E-state index in [1.807, 2.05) is 31.2 Å². The van der Waals surface area contributed by atoms with Gasteiger partial charge in [0.2, 0.25) is 0 Å². The lowest BCUT2D eigenvalue weighted by Gasteiger charge is -2.19. The molecule has 9 heteroatoms. The molecular weight excluding hydrogens is 440 g/mol. The number of amidine groups is 1. The molecule has 1 aliphatic heterocycles. The van der Waals surface area contributed by atoms with Gasteiger partial charge in [0.1, 0.15) is 16.2 Å². The highest BCUT2D eigenvalue weighted by Crippen LogP contribution is 2.32. The zero-order valence-electron chi connectivity index (χ0n) is 17.4. The Labute approximate surface area is 189 Å². The molecule has 8 nitrogen and oxygen atoms in total. The maximum absolute atomic E-state index is 13.5. The van der Waals surface area contributed by atoms with Crippen molar-refractivity contribution in [3.05, 3.63) is 99.8 Å². The summed E-state index contributed by atoms with van der Waals surface area (Å²) in [5.41, 5.74) is 1.43. The number of rotatable bonds is 3. The number of sulfonamides is 1. The normalized spacial score (nSPS) is 14.6. The Hall–Kier alpha value is -4.24. The van der Waals surface area contributed by atoms with Gasteiger partial charge in [0, 0.05) is 5.39 Å². The molecule has 1 aromatic heterocycles. The fraction of sp³-hybridized carbons (Fsp3) is 0.0417. The molecular formula is C24H18N4O4S. The van der Waals surface area contributed by atoms with E-state index in [0.29, 0.717) is 10.9 Å². The van der Waals surface area contributed by atoms with Crippen LogP contribution in [0.3, 0.4) is 0 Å². The molecule has 0 amide bonds. The topological polar surface area (TPSA) is 113 Å². The number of hydrogen-bond acceptors (Lipinski definition) is 6. The number of nitrogens with one attached hydrogen (secondary N) is 1. The third-order valence-electron chi connectivity index (χ3n) is 5.40. The van der Waals surface area contributed by atoms with Crippen molar-refractivity contribution >= 4 is 38.7 Å². The first kappa shape index (κ1) is 20.7. The van der Waals surface area contributed by atoms with Gasteiger partial charge >= 0.3 is 0 Å². The van der Waals surface area contributed by atoms with E-state index in [-0.39, 0.29) is 27.7 Å². The molecule has 0 saturated heterocycles. The fourth-order valence-corrected chi connectivity index (χ4v) is 4.84. The molecule has 2 N–H and O–H groups in total. The predicted octanol–water partition coefficient (Wildman–Crippen LogP) is 3.46. The molecule has 2 heterocycles. The van der Waals surface area contributed by atoms with Crippen LogP contribution in [-0.4, -0.2) is 30.3 Å². The Balaban J connectivity index is 1.76. The minimum absolute atomic E-state index is 0.00747. The van der Waals surface area contributed by atoms with E-state index in [4.69, 9.17) is 0 Å². The number of nitrogens with zero attached hydrogens (tertiary/aromatic N) is 3. The second-order valence-electron chi connectivity index (χ2n) is 7.49. The van der Waals surface area contributed by atoms with Crippen LogP contribution in [0.5, 0.6) is 5.75 Å². The van der Waals surface area contributed by atoms with Crippen molar-refractivity contribution in [2.24, 2.45) is 9.50 Å². The minimum Gasteiger partial charge on any atom is -0.506 e. The number of pyridine rings is 1. The standard InChI is InChI=1S/C24H18N4O4S/c1-15-8-2-3-9-16(15)14-25-28-19-12-6-4-10-17(19)22(29)21(24(28)30)23-26-18-11-5-7-13-20(18)33(31,32)27-23/h2-14,29H,1H3,(H,26,27). The molecule has 0 fully saturated rings. The van der Waals surface area contributed by atoms with Crippen molar-refractivity contribution in [3.63, 3.8) is 0 Å². The Morgan fingerprint density at radius 3 is 2.52 bits per heavy atom. The van der Waals surface area contributed by atoms with Gasteiger partial charge in [-0.1, -0.05) is 48.5 Å². The first-order valence-electron chi connectivity index (χ1n) is 10.0. The van der Waals surface area contributed by atoms with Crippen LogP contribution in [0, 0.1) is 6.92 Å². The van der Waals surface area contributed by atoms with E-state index in [1.165, 1.54) is 6.07 Å². The van der Waals surface area contributed by atoms with Crippen LogP contribution < -0.4 is 10.9 Å². The number of anilines is 1. The largest absolute Gasteiger partial charge is 0.506 e. The molecule has 0 atom stereocenters. The molecule has 4 aromatic rings. The first-order chi connectivity index (χ1) is 15.9. The van der Waals surface area contributed by atoms with E-state index in [1.54, 1.807) is 48.7 Å². The van der Waals surface area contributed by atoms with Gasteiger partial charge in [0.05, 0.1) is 17.4 Å². The number of benzene rings is 3. The lowest BCUT2D eigenvalue weighted by atomic mass is 10.1. The minimum atomic E-state index is -4.07. The van der Waals surface area contributed by atoms with Gasteiger partial charge in [0.25, 0.3) is 15.6 Å². The fourth-order valence-electron chi connectivity index (χ4n) is 3.71. The Morgan fingerprint density at radius 1 is 1.00 bits per heavy atom. The molecule has 33 heavy (non-hydrogen) atoms. The van der Waals surface area contributed by atoms with E-state index in [0.717, 1.165) is 15.8 Å². The zero-order chi connectivity index (χ0) is 23.2. The lowest BCUT2D eigenvalue weighted by Crippen LogP contribution is -2.31. The Morgan fingerprint density at radius 2 is 1.70 bits per heavy atom. The summed E-state index contributed by atoms with van der Waals surface area (Å²) in [6.45, 7) is 1.92. The van der Waals surface area contributed by atoms with Crippen molar-refractivity contribution in [3.8, 4) is 5.75 Å². The Bertz CT molecular complexity index is 1650. The van der Waals surface area contributed by atoms with Crippen molar-refractivity contribution in [2.75, 3.05) is 5.32 Å². The van der Waals surface area contributed by atoms with Gasteiger partial charge in [-0.05, 0) is 42.3 Å². The number of aromatic hydroxyl groups is 1. The molecule has 0 spiro atoms. The monoisotopic (exact) mass is 458 g/mol. The molecule has 0 saturated carbocycles. The molecule has 1 aliphatic rings. The van der Waals surface area contributed by atoms with E-state index in [2.05, 4.69) is 14.8 Å². The van der Waals surface area contributed by atoms with Crippen LogP contribution in [0.4, 0.5) is 5.69 Å². The van der Waals surface area contributed by atoms with E-state index in [9.17, 15) is 18.3 Å². The molecule has 0 radical (unpaired) electrons. The highest BCUT2D eigenvalue weighted by molar-refractivity contribution is 7.90. The summed E-state index contributed by atoms with van der Waals surface area (Å²) < 4.78 is 30.4. The zero-order valence-corrected chi connectivity index (χ0v) is 18.2. The average molecular weight is 458 g/mol. The molecule has 0 aliphatic carbocycles. The molecule has 0 bridgehead atoms. The third-order valence-corrected chi connectivity index (χ3v) is 6.73. The maximum Gasteiger partial charge on any atom is 0.286 e. The van der Waals surface area contributed by atoms with Crippen LogP contribution in [0.15, 0.2) is 92.0 Å². The third kappa shape index (κ3) is 3.48. The number of aromatic nitrogens is 1. The average Bonchev–Trinajstić information content (AvgIpc) is 2.80. The smallest absolute Gasteiger partial charge is 0.286 e. The second-order valence-corrected chi connectivity index (χ2v) is 9.07. The lowest BCUT2D eigenvalue weighted by molar-refractivity contribution is 0.478. The number of fused-ring (bicyclic) bond motifs is 2. The summed E-state index contributed by atoms with van der Waals surface area (Å²) in [4.78, 5) is 13.5. The van der Waals surface area contributed by atoms with Crippen molar-refractivity contribution in [1.29, 1.82) is 0 Å². The van der Waals surface area contributed by atoms with Gasteiger partial charge < -0.3 is 10.4 Å². The van der Waals surface area contributed by atoms with Gasteiger partial charge in [0.15, 0.2) is 5.84 Å². The maximum atomic E-state index is 13.5. The second kappa shape index (κ2) is 7.72. The molecule has 5 rings (SSSR count). The molecule has 0 unspecified atom stereocenters. The summed E-state index contributed by atoms with van der Waals surface area (Å²) in [6, 6.07) is 20.5. The highest BCUT2D eigenvalue weighted by Gasteiger charge is 2.29. The van der Waals surface area contributed by atoms with E-state index < -0.39 is 15.6 Å². The van der Waals surface area contributed by atoms with Crippen molar-refractivity contribution in [1.82, 2.24) is 4.68 Å². The summed E-state index contributed by atoms with van der Waals surface area (Å²) in [5.74, 6) is -0.638. The first-order valence-corrected chi connectivity index (χ1v) is 11.5. The van der Waals surface area contributed by atoms with Crippen molar-refractivity contribution < 1.29 is 13.5 Å². The number of hydrogen-bond donors (Lipinski definition) is 2. The number of aryl methyl sites for hydroxylation is 1.